The first-order valence-electron chi connectivity index (χ1n) is 6.09. The van der Waals surface area contributed by atoms with E-state index in [0.717, 1.165) is 17.0 Å². The Morgan fingerprint density at radius 1 is 1.30 bits per heavy atom. The molecule has 0 radical (unpaired) electrons. The fraction of sp³-hybridized carbons (Fsp3) is 0.462. The molecule has 3 nitrogen and oxygen atoms in total. The second-order valence-corrected chi connectivity index (χ2v) is 4.85. The molecule has 20 heavy (non-hydrogen) atoms. The Labute approximate surface area is 113 Å². The molecule has 7 heteroatoms. The van der Waals surface area contributed by atoms with Crippen LogP contribution >= 0.6 is 0 Å². The first-order chi connectivity index (χ1) is 9.28. The minimum atomic E-state index is -4.62. The number of hydrogen-bond donors (Lipinski definition) is 1. The molecule has 1 aromatic rings. The van der Waals surface area contributed by atoms with Crippen molar-refractivity contribution in [1.29, 1.82) is 0 Å². The molecule has 110 valence electrons. The van der Waals surface area contributed by atoms with Gasteiger partial charge in [-0.15, -0.1) is 0 Å². The number of carbonyl (C=O) groups is 1. The molecule has 1 amide bonds. The van der Waals surface area contributed by atoms with Crippen LogP contribution in [0.2, 0.25) is 0 Å². The molecule has 1 fully saturated rings. The van der Waals surface area contributed by atoms with Crippen molar-refractivity contribution in [2.24, 2.45) is 5.41 Å². The molecule has 1 aliphatic rings. The van der Waals surface area contributed by atoms with Gasteiger partial charge in [-0.3, -0.25) is 4.79 Å². The van der Waals surface area contributed by atoms with E-state index in [1.54, 1.807) is 0 Å². The SMILES string of the molecule is CN(C(=O)C1(C(F)(F)F)CCNC1)c1ccc(F)cc1. The number of anilines is 1. The Bertz CT molecular complexity index is 492. The summed E-state index contributed by atoms with van der Waals surface area (Å²) in [6.07, 6.45) is -4.91. The van der Waals surface area contributed by atoms with E-state index in [-0.39, 0.29) is 18.7 Å². The predicted octanol–water partition coefficient (Wildman–Crippen LogP) is 2.33. The van der Waals surface area contributed by atoms with Gasteiger partial charge >= 0.3 is 6.18 Å². The molecule has 1 aliphatic heterocycles. The van der Waals surface area contributed by atoms with E-state index in [1.807, 2.05) is 0 Å². The Hall–Kier alpha value is -1.63. The number of nitrogens with zero attached hydrogens (tertiary/aromatic N) is 1. The zero-order valence-corrected chi connectivity index (χ0v) is 10.8. The van der Waals surface area contributed by atoms with Gasteiger partial charge in [-0.25, -0.2) is 4.39 Å². The molecule has 0 aliphatic carbocycles. The zero-order valence-electron chi connectivity index (χ0n) is 10.8. The normalized spacial score (nSPS) is 22.9. The van der Waals surface area contributed by atoms with Gasteiger partial charge in [-0.1, -0.05) is 0 Å². The highest BCUT2D eigenvalue weighted by atomic mass is 19.4. The van der Waals surface area contributed by atoms with Crippen molar-refractivity contribution >= 4 is 11.6 Å². The number of alkyl halides is 3. The van der Waals surface area contributed by atoms with Crippen LogP contribution < -0.4 is 10.2 Å². The Morgan fingerprint density at radius 2 is 1.90 bits per heavy atom. The molecule has 1 unspecified atom stereocenters. The monoisotopic (exact) mass is 290 g/mol. The average molecular weight is 290 g/mol. The van der Waals surface area contributed by atoms with Crippen LogP contribution in [0.25, 0.3) is 0 Å². The molecular formula is C13H14F4N2O. The molecule has 2 rings (SSSR count). The standard InChI is InChI=1S/C13H14F4N2O/c1-19(10-4-2-9(14)3-5-10)11(20)12(13(15,16)17)6-7-18-8-12/h2-5,18H,6-8H2,1H3. The molecule has 0 saturated carbocycles. The highest BCUT2D eigenvalue weighted by Gasteiger charge is 2.62. The summed E-state index contributed by atoms with van der Waals surface area (Å²) in [6.45, 7) is -0.288. The van der Waals surface area contributed by atoms with Gasteiger partial charge in [-0.05, 0) is 37.2 Å². The van der Waals surface area contributed by atoms with Crippen molar-refractivity contribution < 1.29 is 22.4 Å². The molecule has 0 bridgehead atoms. The number of benzene rings is 1. The lowest BCUT2D eigenvalue weighted by Crippen LogP contribution is -2.52. The van der Waals surface area contributed by atoms with E-state index < -0.39 is 29.9 Å². The van der Waals surface area contributed by atoms with Gasteiger partial charge < -0.3 is 10.2 Å². The van der Waals surface area contributed by atoms with Crippen molar-refractivity contribution in [3.8, 4) is 0 Å². The van der Waals surface area contributed by atoms with Gasteiger partial charge in [0.15, 0.2) is 5.41 Å². The van der Waals surface area contributed by atoms with E-state index in [4.69, 9.17) is 0 Å². The van der Waals surface area contributed by atoms with Crippen molar-refractivity contribution in [3.63, 3.8) is 0 Å². The molecule has 0 spiro atoms. The summed E-state index contributed by atoms with van der Waals surface area (Å²) in [5, 5.41) is 2.59. The van der Waals surface area contributed by atoms with Gasteiger partial charge in [0.05, 0.1) is 0 Å². The number of hydrogen-bond acceptors (Lipinski definition) is 2. The lowest BCUT2D eigenvalue weighted by atomic mass is 9.84. The fourth-order valence-corrected chi connectivity index (χ4v) is 2.34. The Kier molecular flexibility index (Phi) is 3.73. The summed E-state index contributed by atoms with van der Waals surface area (Å²) < 4.78 is 52.6. The van der Waals surface area contributed by atoms with Crippen molar-refractivity contribution in [1.82, 2.24) is 5.32 Å². The van der Waals surface area contributed by atoms with Crippen LogP contribution in [0.5, 0.6) is 0 Å². The van der Waals surface area contributed by atoms with Crippen LogP contribution in [0.3, 0.4) is 0 Å². The van der Waals surface area contributed by atoms with E-state index in [1.165, 1.54) is 19.2 Å². The number of halogens is 4. The van der Waals surface area contributed by atoms with E-state index in [2.05, 4.69) is 5.32 Å². The number of carbonyl (C=O) groups excluding carboxylic acids is 1. The third-order valence-corrected chi connectivity index (χ3v) is 3.63. The largest absolute Gasteiger partial charge is 0.404 e. The second kappa shape index (κ2) is 5.05. The second-order valence-electron chi connectivity index (χ2n) is 4.85. The topological polar surface area (TPSA) is 32.3 Å². The molecule has 0 aromatic heterocycles. The number of rotatable bonds is 2. The van der Waals surface area contributed by atoms with Crippen LogP contribution in [0, 0.1) is 11.2 Å². The summed E-state index contributed by atoms with van der Waals surface area (Å²) >= 11 is 0. The molecular weight excluding hydrogens is 276 g/mol. The highest BCUT2D eigenvalue weighted by molar-refractivity contribution is 5.98. The van der Waals surface area contributed by atoms with Gasteiger partial charge in [0, 0.05) is 19.3 Å². The van der Waals surface area contributed by atoms with Gasteiger partial charge in [0.25, 0.3) is 0 Å². The lowest BCUT2D eigenvalue weighted by molar-refractivity contribution is -0.214. The van der Waals surface area contributed by atoms with Crippen LogP contribution in [0.4, 0.5) is 23.2 Å². The first kappa shape index (κ1) is 14.8. The lowest BCUT2D eigenvalue weighted by Gasteiger charge is -2.33. The first-order valence-corrected chi connectivity index (χ1v) is 6.09. The van der Waals surface area contributed by atoms with Gasteiger partial charge in [0.2, 0.25) is 5.91 Å². The molecule has 1 aromatic carbocycles. The van der Waals surface area contributed by atoms with Crippen molar-refractivity contribution in [2.75, 3.05) is 25.0 Å². The Morgan fingerprint density at radius 3 is 2.35 bits per heavy atom. The van der Waals surface area contributed by atoms with Crippen LogP contribution in [-0.4, -0.2) is 32.2 Å². The summed E-state index contributed by atoms with van der Waals surface area (Å²) in [4.78, 5) is 13.2. The molecule has 1 saturated heterocycles. The maximum atomic E-state index is 13.3. The molecule has 1 atom stereocenters. The summed E-state index contributed by atoms with van der Waals surface area (Å²) in [5.74, 6) is -1.54. The summed E-state index contributed by atoms with van der Waals surface area (Å²) in [5.41, 5.74) is -2.18. The Balaban J connectivity index is 2.31. The zero-order chi connectivity index (χ0) is 15.0. The van der Waals surface area contributed by atoms with E-state index in [9.17, 15) is 22.4 Å². The van der Waals surface area contributed by atoms with Crippen molar-refractivity contribution in [3.05, 3.63) is 30.1 Å². The minimum absolute atomic E-state index is 0.141. The van der Waals surface area contributed by atoms with E-state index in [0.29, 0.717) is 0 Å². The van der Waals surface area contributed by atoms with Crippen LogP contribution in [0.1, 0.15) is 6.42 Å². The van der Waals surface area contributed by atoms with Crippen molar-refractivity contribution in [2.45, 2.75) is 12.6 Å². The quantitative estimate of drug-likeness (QED) is 0.848. The van der Waals surface area contributed by atoms with E-state index >= 15 is 0 Å². The highest BCUT2D eigenvalue weighted by Crippen LogP contribution is 2.44. The summed E-state index contributed by atoms with van der Waals surface area (Å²) in [6, 6.07) is 4.76. The third-order valence-electron chi connectivity index (χ3n) is 3.63. The van der Waals surface area contributed by atoms with Gasteiger partial charge in [-0.2, -0.15) is 13.2 Å². The molecule has 1 heterocycles. The fourth-order valence-electron chi connectivity index (χ4n) is 2.34. The van der Waals surface area contributed by atoms with Gasteiger partial charge in [0.1, 0.15) is 5.82 Å². The summed E-state index contributed by atoms with van der Waals surface area (Å²) in [7, 11) is 1.27. The molecule has 1 N–H and O–H groups in total. The minimum Gasteiger partial charge on any atom is -0.315 e. The maximum absolute atomic E-state index is 13.3. The average Bonchev–Trinajstić information content (AvgIpc) is 2.88. The number of amides is 1. The van der Waals surface area contributed by atoms with Crippen LogP contribution in [-0.2, 0) is 4.79 Å². The smallest absolute Gasteiger partial charge is 0.315 e. The third kappa shape index (κ3) is 2.37. The number of nitrogens with one attached hydrogen (secondary N) is 1. The van der Waals surface area contributed by atoms with Crippen LogP contribution in [0.15, 0.2) is 24.3 Å². The predicted molar refractivity (Wildman–Crippen MR) is 65.8 cm³/mol. The maximum Gasteiger partial charge on any atom is 0.404 e.